The van der Waals surface area contributed by atoms with Crippen molar-refractivity contribution in [2.45, 2.75) is 46.6 Å². The van der Waals surface area contributed by atoms with Crippen molar-refractivity contribution < 1.29 is 14.3 Å². The first-order chi connectivity index (χ1) is 13.3. The van der Waals surface area contributed by atoms with Crippen molar-refractivity contribution in [3.05, 3.63) is 58.7 Å². The second-order valence-electron chi connectivity index (χ2n) is 7.73. The molecule has 0 fully saturated rings. The Balaban J connectivity index is 1.77. The Morgan fingerprint density at radius 3 is 2.50 bits per heavy atom. The first-order valence-electron chi connectivity index (χ1n) is 9.70. The van der Waals surface area contributed by atoms with Crippen LogP contribution in [-0.4, -0.2) is 25.0 Å². The van der Waals surface area contributed by atoms with E-state index in [4.69, 9.17) is 4.74 Å². The highest BCUT2D eigenvalue weighted by atomic mass is 16.5. The summed E-state index contributed by atoms with van der Waals surface area (Å²) in [4.78, 5) is 26.2. The zero-order valence-corrected chi connectivity index (χ0v) is 17.2. The Morgan fingerprint density at radius 2 is 1.82 bits per heavy atom. The number of hydrogen-bond donors (Lipinski definition) is 1. The topological polar surface area (TPSA) is 58.6 Å². The number of aryl methyl sites for hydroxylation is 2. The lowest BCUT2D eigenvalue weighted by Crippen LogP contribution is -2.38. The van der Waals surface area contributed by atoms with Crippen LogP contribution in [0.5, 0.6) is 5.75 Å². The Labute approximate surface area is 166 Å². The summed E-state index contributed by atoms with van der Waals surface area (Å²) in [6.07, 6.45) is 0. The third kappa shape index (κ3) is 4.03. The molecule has 0 saturated heterocycles. The fourth-order valence-electron chi connectivity index (χ4n) is 3.62. The smallest absolute Gasteiger partial charge is 0.254 e. The maximum atomic E-state index is 12.9. The Kier molecular flexibility index (Phi) is 5.73. The van der Waals surface area contributed by atoms with Crippen molar-refractivity contribution in [3.8, 4) is 5.75 Å². The molecule has 2 aromatic rings. The van der Waals surface area contributed by atoms with Crippen molar-refractivity contribution in [3.63, 3.8) is 0 Å². The molecule has 1 aliphatic rings. The highest BCUT2D eigenvalue weighted by Crippen LogP contribution is 2.36. The molecule has 28 heavy (non-hydrogen) atoms. The zero-order valence-electron chi connectivity index (χ0n) is 17.2. The summed E-state index contributed by atoms with van der Waals surface area (Å²) in [6.45, 7) is 10.5. The lowest BCUT2D eigenvalue weighted by molar-refractivity contribution is -0.126. The highest BCUT2D eigenvalue weighted by molar-refractivity contribution is 6.06. The van der Waals surface area contributed by atoms with E-state index in [9.17, 15) is 9.59 Å². The van der Waals surface area contributed by atoms with E-state index in [-0.39, 0.29) is 11.8 Å². The number of rotatable bonds is 6. The minimum atomic E-state index is -0.627. The van der Waals surface area contributed by atoms with Crippen LogP contribution in [0.1, 0.15) is 55.0 Å². The molecule has 2 amide bonds. The van der Waals surface area contributed by atoms with Gasteiger partial charge in [0, 0.05) is 18.2 Å². The van der Waals surface area contributed by atoms with Gasteiger partial charge in [0.1, 0.15) is 18.4 Å². The van der Waals surface area contributed by atoms with Crippen LogP contribution in [0.3, 0.4) is 0 Å². The molecular weight excluding hydrogens is 352 g/mol. The summed E-state index contributed by atoms with van der Waals surface area (Å²) in [7, 11) is 0. The van der Waals surface area contributed by atoms with Crippen LogP contribution in [0, 0.1) is 13.8 Å². The molecule has 0 radical (unpaired) electrons. The van der Waals surface area contributed by atoms with Crippen LogP contribution in [0.15, 0.2) is 36.4 Å². The largest absolute Gasteiger partial charge is 0.491 e. The standard InChI is InChI=1S/C23H28N2O3/c1-14(2)18-8-6-16(4)13-21(18)28-11-10-25-20-9-7-15(3)12-19(20)22(23(25)27)24-17(5)26/h6-9,12-14,22H,10-11H2,1-5H3,(H,24,26)/t22-/m1/s1. The van der Waals surface area contributed by atoms with E-state index in [1.807, 2.05) is 38.1 Å². The van der Waals surface area contributed by atoms with Crippen LogP contribution < -0.4 is 15.0 Å². The molecule has 1 atom stereocenters. The van der Waals surface area contributed by atoms with Crippen molar-refractivity contribution >= 4 is 17.5 Å². The molecule has 0 spiro atoms. The maximum absolute atomic E-state index is 12.9. The van der Waals surface area contributed by atoms with E-state index >= 15 is 0 Å². The lowest BCUT2D eigenvalue weighted by atomic mass is 10.0. The fraction of sp³-hybridized carbons (Fsp3) is 0.391. The van der Waals surface area contributed by atoms with Gasteiger partial charge in [-0.05, 0) is 43.0 Å². The van der Waals surface area contributed by atoms with Crippen molar-refractivity contribution in [2.75, 3.05) is 18.1 Å². The van der Waals surface area contributed by atoms with Gasteiger partial charge >= 0.3 is 0 Å². The van der Waals surface area contributed by atoms with Crippen LogP contribution in [-0.2, 0) is 9.59 Å². The first kappa shape index (κ1) is 19.9. The molecule has 1 heterocycles. The van der Waals surface area contributed by atoms with Gasteiger partial charge in [-0.1, -0.05) is 43.7 Å². The quantitative estimate of drug-likeness (QED) is 0.823. The number of anilines is 1. The summed E-state index contributed by atoms with van der Waals surface area (Å²) in [5.41, 5.74) is 5.04. The second kappa shape index (κ2) is 8.05. The number of carbonyl (C=O) groups is 2. The maximum Gasteiger partial charge on any atom is 0.254 e. The first-order valence-corrected chi connectivity index (χ1v) is 9.70. The predicted octanol–water partition coefficient (Wildman–Crippen LogP) is 4.03. The van der Waals surface area contributed by atoms with Crippen molar-refractivity contribution in [2.24, 2.45) is 0 Å². The molecule has 0 bridgehead atoms. The minimum Gasteiger partial charge on any atom is -0.491 e. The van der Waals surface area contributed by atoms with Crippen molar-refractivity contribution in [1.29, 1.82) is 0 Å². The SMILES string of the molecule is CC(=O)N[C@H]1C(=O)N(CCOc2cc(C)ccc2C(C)C)c2ccc(C)cc21. The summed E-state index contributed by atoms with van der Waals surface area (Å²) >= 11 is 0. The number of fused-ring (bicyclic) bond motifs is 1. The van der Waals surface area contributed by atoms with Crippen LogP contribution in [0.25, 0.3) is 0 Å². The Hall–Kier alpha value is -2.82. The number of nitrogens with one attached hydrogen (secondary N) is 1. The Morgan fingerprint density at radius 1 is 1.14 bits per heavy atom. The van der Waals surface area contributed by atoms with E-state index in [2.05, 4.69) is 31.3 Å². The van der Waals surface area contributed by atoms with Gasteiger partial charge in [0.05, 0.1) is 6.54 Å². The molecular formula is C23H28N2O3. The Bertz CT molecular complexity index is 905. The molecule has 0 aliphatic carbocycles. The number of hydrogen-bond acceptors (Lipinski definition) is 3. The van der Waals surface area contributed by atoms with Gasteiger partial charge in [0.2, 0.25) is 5.91 Å². The fourth-order valence-corrected chi connectivity index (χ4v) is 3.62. The molecule has 3 rings (SSSR count). The number of carbonyl (C=O) groups excluding carboxylic acids is 2. The average Bonchev–Trinajstić information content (AvgIpc) is 2.86. The third-order valence-corrected chi connectivity index (χ3v) is 5.01. The van der Waals surface area contributed by atoms with Crippen LogP contribution in [0.4, 0.5) is 5.69 Å². The van der Waals surface area contributed by atoms with Gasteiger partial charge in [-0.25, -0.2) is 0 Å². The molecule has 2 aromatic carbocycles. The molecule has 1 N–H and O–H groups in total. The highest BCUT2D eigenvalue weighted by Gasteiger charge is 2.37. The summed E-state index contributed by atoms with van der Waals surface area (Å²) in [6, 6.07) is 11.5. The zero-order chi connectivity index (χ0) is 20.4. The van der Waals surface area contributed by atoms with E-state index in [0.29, 0.717) is 19.1 Å². The van der Waals surface area contributed by atoms with Gasteiger partial charge in [-0.15, -0.1) is 0 Å². The normalized spacial score (nSPS) is 15.7. The summed E-state index contributed by atoms with van der Waals surface area (Å²) < 4.78 is 6.06. The van der Waals surface area contributed by atoms with E-state index in [0.717, 1.165) is 33.7 Å². The van der Waals surface area contributed by atoms with Gasteiger partial charge in [-0.2, -0.15) is 0 Å². The van der Waals surface area contributed by atoms with Gasteiger partial charge in [-0.3, -0.25) is 9.59 Å². The molecule has 148 valence electrons. The number of nitrogens with zero attached hydrogens (tertiary/aromatic N) is 1. The monoisotopic (exact) mass is 380 g/mol. The van der Waals surface area contributed by atoms with E-state index in [1.54, 1.807) is 4.90 Å². The number of benzene rings is 2. The molecule has 5 heteroatoms. The number of amides is 2. The molecule has 1 aliphatic heterocycles. The second-order valence-corrected chi connectivity index (χ2v) is 7.73. The molecule has 0 unspecified atom stereocenters. The lowest BCUT2D eigenvalue weighted by Gasteiger charge is -2.20. The van der Waals surface area contributed by atoms with E-state index in [1.165, 1.54) is 6.92 Å². The third-order valence-electron chi connectivity index (χ3n) is 5.01. The van der Waals surface area contributed by atoms with Gasteiger partial charge in [0.15, 0.2) is 0 Å². The number of ether oxygens (including phenoxy) is 1. The molecule has 0 aromatic heterocycles. The molecule has 5 nitrogen and oxygen atoms in total. The minimum absolute atomic E-state index is 0.118. The van der Waals surface area contributed by atoms with Crippen LogP contribution in [0.2, 0.25) is 0 Å². The van der Waals surface area contributed by atoms with E-state index < -0.39 is 6.04 Å². The van der Waals surface area contributed by atoms with Gasteiger partial charge in [0.25, 0.3) is 5.91 Å². The van der Waals surface area contributed by atoms with Crippen molar-refractivity contribution in [1.82, 2.24) is 5.32 Å². The summed E-state index contributed by atoms with van der Waals surface area (Å²) in [5.74, 6) is 0.888. The predicted molar refractivity (Wildman–Crippen MR) is 111 cm³/mol. The van der Waals surface area contributed by atoms with Gasteiger partial charge < -0.3 is 15.0 Å². The average molecular weight is 380 g/mol. The summed E-state index contributed by atoms with van der Waals surface area (Å²) in [5, 5.41) is 2.77. The molecule has 0 saturated carbocycles. The van der Waals surface area contributed by atoms with Crippen LogP contribution >= 0.6 is 0 Å².